The fourth-order valence-corrected chi connectivity index (χ4v) is 2.04. The molecule has 1 aromatic rings. The van der Waals surface area contributed by atoms with Crippen LogP contribution in [0.4, 0.5) is 0 Å². The highest BCUT2D eigenvalue weighted by Gasteiger charge is 2.04. The van der Waals surface area contributed by atoms with E-state index in [4.69, 9.17) is 0 Å². The second kappa shape index (κ2) is 13.2. The van der Waals surface area contributed by atoms with E-state index in [9.17, 15) is 4.79 Å². The molecular formula is C17H28IN3O2. The van der Waals surface area contributed by atoms with Crippen molar-refractivity contribution in [3.8, 4) is 0 Å². The minimum absolute atomic E-state index is 0. The summed E-state index contributed by atoms with van der Waals surface area (Å²) in [6.07, 6.45) is 4.92. The van der Waals surface area contributed by atoms with E-state index in [0.29, 0.717) is 12.1 Å². The summed E-state index contributed by atoms with van der Waals surface area (Å²) in [6, 6.07) is 7.36. The normalized spacial score (nSPS) is 10.7. The first kappa shape index (κ1) is 21.7. The van der Waals surface area contributed by atoms with E-state index in [-0.39, 0.29) is 29.9 Å². The third kappa shape index (κ3) is 8.78. The van der Waals surface area contributed by atoms with E-state index in [0.717, 1.165) is 24.5 Å². The van der Waals surface area contributed by atoms with Crippen LogP contribution in [-0.4, -0.2) is 32.6 Å². The zero-order chi connectivity index (χ0) is 16.2. The van der Waals surface area contributed by atoms with Crippen LogP contribution in [0.1, 0.15) is 48.5 Å². The number of hydrogen-bond acceptors (Lipinski definition) is 3. The molecular weight excluding hydrogens is 405 g/mol. The van der Waals surface area contributed by atoms with Crippen molar-refractivity contribution >= 4 is 35.9 Å². The highest BCUT2D eigenvalue weighted by Crippen LogP contribution is 2.05. The van der Waals surface area contributed by atoms with Crippen LogP contribution in [0.2, 0.25) is 0 Å². The number of esters is 1. The van der Waals surface area contributed by atoms with Crippen molar-refractivity contribution in [2.45, 2.75) is 39.2 Å². The fraction of sp³-hybridized carbons (Fsp3) is 0.529. The van der Waals surface area contributed by atoms with E-state index in [1.165, 1.54) is 26.4 Å². The molecule has 0 aliphatic heterocycles. The lowest BCUT2D eigenvalue weighted by Crippen LogP contribution is -2.37. The molecule has 0 fully saturated rings. The summed E-state index contributed by atoms with van der Waals surface area (Å²) >= 11 is 0. The molecule has 0 heterocycles. The van der Waals surface area contributed by atoms with Crippen LogP contribution in [0, 0.1) is 0 Å². The van der Waals surface area contributed by atoms with E-state index in [1.807, 2.05) is 12.1 Å². The van der Waals surface area contributed by atoms with E-state index < -0.39 is 0 Å². The Hall–Kier alpha value is -1.31. The van der Waals surface area contributed by atoms with Crippen LogP contribution < -0.4 is 10.6 Å². The largest absolute Gasteiger partial charge is 0.465 e. The molecule has 0 unspecified atom stereocenters. The second-order valence-electron chi connectivity index (χ2n) is 5.10. The van der Waals surface area contributed by atoms with Gasteiger partial charge >= 0.3 is 5.97 Å². The van der Waals surface area contributed by atoms with Gasteiger partial charge in [0.1, 0.15) is 0 Å². The van der Waals surface area contributed by atoms with E-state index in [2.05, 4.69) is 27.3 Å². The van der Waals surface area contributed by atoms with Gasteiger partial charge in [-0.3, -0.25) is 4.99 Å². The maximum Gasteiger partial charge on any atom is 0.337 e. The van der Waals surface area contributed by atoms with Gasteiger partial charge < -0.3 is 15.4 Å². The maximum absolute atomic E-state index is 11.4. The predicted octanol–water partition coefficient (Wildman–Crippen LogP) is 3.34. The lowest BCUT2D eigenvalue weighted by molar-refractivity contribution is 0.0600. The number of halogens is 1. The van der Waals surface area contributed by atoms with Crippen molar-refractivity contribution in [1.29, 1.82) is 0 Å². The molecule has 0 radical (unpaired) electrons. The lowest BCUT2D eigenvalue weighted by atomic mass is 10.1. The highest BCUT2D eigenvalue weighted by molar-refractivity contribution is 14.0. The molecule has 0 saturated carbocycles. The quantitative estimate of drug-likeness (QED) is 0.217. The zero-order valence-corrected chi connectivity index (χ0v) is 16.6. The van der Waals surface area contributed by atoms with Gasteiger partial charge in [-0.15, -0.1) is 24.0 Å². The van der Waals surface area contributed by atoms with Crippen LogP contribution in [-0.2, 0) is 11.3 Å². The van der Waals surface area contributed by atoms with Gasteiger partial charge in [-0.2, -0.15) is 0 Å². The average molecular weight is 433 g/mol. The summed E-state index contributed by atoms with van der Waals surface area (Å²) in [4.78, 5) is 15.6. The molecule has 0 saturated heterocycles. The number of aliphatic imine (C=N–C) groups is 1. The minimum Gasteiger partial charge on any atom is -0.465 e. The van der Waals surface area contributed by atoms with Crippen LogP contribution >= 0.6 is 24.0 Å². The third-order valence-electron chi connectivity index (χ3n) is 3.38. The highest BCUT2D eigenvalue weighted by atomic mass is 127. The second-order valence-corrected chi connectivity index (χ2v) is 5.10. The molecule has 1 rings (SSSR count). The Morgan fingerprint density at radius 3 is 2.39 bits per heavy atom. The lowest BCUT2D eigenvalue weighted by Gasteiger charge is -2.12. The zero-order valence-electron chi connectivity index (χ0n) is 14.2. The number of methoxy groups -OCH3 is 1. The Kier molecular flexibility index (Phi) is 12.4. The summed E-state index contributed by atoms with van der Waals surface area (Å²) in [5, 5.41) is 6.56. The maximum atomic E-state index is 11.4. The van der Waals surface area contributed by atoms with Crippen molar-refractivity contribution in [3.05, 3.63) is 35.4 Å². The topological polar surface area (TPSA) is 62.7 Å². The molecule has 0 aliphatic rings. The summed E-state index contributed by atoms with van der Waals surface area (Å²) in [7, 11) is 3.15. The number of rotatable bonds is 8. The summed E-state index contributed by atoms with van der Waals surface area (Å²) < 4.78 is 4.68. The third-order valence-corrected chi connectivity index (χ3v) is 3.38. The van der Waals surface area contributed by atoms with Gasteiger partial charge in [0.15, 0.2) is 5.96 Å². The first-order valence-electron chi connectivity index (χ1n) is 7.83. The monoisotopic (exact) mass is 433 g/mol. The number of guanidine groups is 1. The van der Waals surface area contributed by atoms with Gasteiger partial charge in [0.05, 0.1) is 12.7 Å². The molecule has 23 heavy (non-hydrogen) atoms. The number of unbranched alkanes of at least 4 members (excludes halogenated alkanes) is 3. The number of carbonyl (C=O) groups is 1. The number of nitrogens with one attached hydrogen (secondary N) is 2. The van der Waals surface area contributed by atoms with Gasteiger partial charge in [-0.1, -0.05) is 38.3 Å². The van der Waals surface area contributed by atoms with Crippen LogP contribution in [0.25, 0.3) is 0 Å². The molecule has 0 bridgehead atoms. The molecule has 0 aliphatic carbocycles. The minimum atomic E-state index is -0.316. The van der Waals surface area contributed by atoms with E-state index >= 15 is 0 Å². The van der Waals surface area contributed by atoms with Gasteiger partial charge in [0.2, 0.25) is 0 Å². The summed E-state index contributed by atoms with van der Waals surface area (Å²) in [6.45, 7) is 3.80. The fourth-order valence-electron chi connectivity index (χ4n) is 2.04. The molecule has 2 N–H and O–H groups in total. The smallest absolute Gasteiger partial charge is 0.337 e. The molecule has 0 atom stereocenters. The Morgan fingerprint density at radius 2 is 1.83 bits per heavy atom. The number of carbonyl (C=O) groups excluding carboxylic acids is 1. The summed E-state index contributed by atoms with van der Waals surface area (Å²) in [5.74, 6) is 0.484. The number of benzene rings is 1. The number of ether oxygens (including phenoxy) is 1. The molecule has 0 aromatic heterocycles. The molecule has 0 spiro atoms. The molecule has 5 nitrogen and oxygen atoms in total. The van der Waals surface area contributed by atoms with Gasteiger partial charge in [0, 0.05) is 20.1 Å². The van der Waals surface area contributed by atoms with Crippen LogP contribution in [0.3, 0.4) is 0 Å². The Balaban J connectivity index is 0.00000484. The first-order valence-corrected chi connectivity index (χ1v) is 7.83. The number of hydrogen-bond donors (Lipinski definition) is 2. The van der Waals surface area contributed by atoms with Crippen molar-refractivity contribution in [1.82, 2.24) is 10.6 Å². The van der Waals surface area contributed by atoms with Crippen LogP contribution in [0.15, 0.2) is 29.3 Å². The first-order chi connectivity index (χ1) is 10.7. The number of nitrogens with zero attached hydrogens (tertiary/aromatic N) is 1. The Bertz CT molecular complexity index is 475. The van der Waals surface area contributed by atoms with Gasteiger partial charge in [0.25, 0.3) is 0 Å². The molecule has 1 aromatic carbocycles. The molecule has 6 heteroatoms. The predicted molar refractivity (Wildman–Crippen MR) is 106 cm³/mol. The summed E-state index contributed by atoms with van der Waals surface area (Å²) in [5.41, 5.74) is 1.64. The van der Waals surface area contributed by atoms with Crippen LogP contribution in [0.5, 0.6) is 0 Å². The van der Waals surface area contributed by atoms with Crippen molar-refractivity contribution in [2.24, 2.45) is 4.99 Å². The molecule has 130 valence electrons. The standard InChI is InChI=1S/C17H27N3O2.HI/c1-4-5-6-7-12-19-17(18-2)20-13-14-8-10-15(11-9-14)16(21)22-3;/h8-11H,4-7,12-13H2,1-3H3,(H2,18,19,20);1H. The molecule has 0 amide bonds. The van der Waals surface area contributed by atoms with Crippen molar-refractivity contribution < 1.29 is 9.53 Å². The van der Waals surface area contributed by atoms with Gasteiger partial charge in [-0.25, -0.2) is 4.79 Å². The van der Waals surface area contributed by atoms with Crippen molar-refractivity contribution in [2.75, 3.05) is 20.7 Å². The van der Waals surface area contributed by atoms with Crippen molar-refractivity contribution in [3.63, 3.8) is 0 Å². The van der Waals surface area contributed by atoms with E-state index in [1.54, 1.807) is 19.2 Å². The Labute approximate surface area is 156 Å². The SMILES string of the molecule is CCCCCCNC(=NC)NCc1ccc(C(=O)OC)cc1.I. The Morgan fingerprint density at radius 1 is 1.13 bits per heavy atom. The van der Waals surface area contributed by atoms with Gasteiger partial charge in [-0.05, 0) is 24.1 Å². The average Bonchev–Trinajstić information content (AvgIpc) is 2.57.